The Labute approximate surface area is 72.0 Å². The summed E-state index contributed by atoms with van der Waals surface area (Å²) in [7, 11) is 0. The molecule has 0 fully saturated rings. The van der Waals surface area contributed by atoms with Crippen LogP contribution in [0.4, 0.5) is 0 Å². The number of nitrogens with zero attached hydrogens (tertiary/aromatic N) is 2. The maximum Gasteiger partial charge on any atom is 0.338 e. The Hall–Kier alpha value is -2.11. The van der Waals surface area contributed by atoms with Gasteiger partial charge >= 0.3 is 11.6 Å². The molecule has 0 atom stereocenters. The lowest BCUT2D eigenvalue weighted by Crippen LogP contribution is -2.27. The van der Waals surface area contributed by atoms with E-state index in [0.717, 1.165) is 6.20 Å². The first-order valence-electron chi connectivity index (χ1n) is 3.48. The van der Waals surface area contributed by atoms with E-state index in [2.05, 4.69) is 9.97 Å². The summed E-state index contributed by atoms with van der Waals surface area (Å²) >= 11 is 0. The lowest BCUT2D eigenvalue weighted by molar-refractivity contribution is -0.579. The third kappa shape index (κ3) is 0.994. The van der Waals surface area contributed by atoms with Gasteiger partial charge in [-0.15, -0.1) is 0 Å². The number of aromatic carboxylic acids is 1. The van der Waals surface area contributed by atoms with Crippen LogP contribution in [0.25, 0.3) is 11.2 Å². The van der Waals surface area contributed by atoms with Crippen LogP contribution in [0.2, 0.25) is 0 Å². The number of imidazole rings is 1. The minimum Gasteiger partial charge on any atom is -0.711 e. The van der Waals surface area contributed by atoms with E-state index in [0.29, 0.717) is 4.73 Å². The van der Waals surface area contributed by atoms with Crippen molar-refractivity contribution in [3.05, 3.63) is 29.4 Å². The van der Waals surface area contributed by atoms with Gasteiger partial charge in [0.15, 0.2) is 11.8 Å². The summed E-state index contributed by atoms with van der Waals surface area (Å²) in [4.78, 5) is 17.0. The Morgan fingerprint density at radius 3 is 3.15 bits per heavy atom. The monoisotopic (exact) mass is 179 g/mol. The molecule has 0 aliphatic carbocycles. The van der Waals surface area contributed by atoms with E-state index in [1.165, 1.54) is 12.4 Å². The molecule has 13 heavy (non-hydrogen) atoms. The van der Waals surface area contributed by atoms with Crippen LogP contribution in [0.5, 0.6) is 0 Å². The number of aromatic nitrogens is 3. The van der Waals surface area contributed by atoms with E-state index in [1.54, 1.807) is 0 Å². The van der Waals surface area contributed by atoms with E-state index in [1.807, 2.05) is 0 Å². The second-order valence-electron chi connectivity index (χ2n) is 2.46. The SMILES string of the molecule is O=C(O)c1cc[n+]([O-])c2[nH]cnc12. The molecule has 2 aromatic heterocycles. The van der Waals surface area contributed by atoms with Crippen molar-refractivity contribution in [1.29, 1.82) is 0 Å². The third-order valence-electron chi connectivity index (χ3n) is 1.70. The van der Waals surface area contributed by atoms with Gasteiger partial charge in [0.25, 0.3) is 0 Å². The van der Waals surface area contributed by atoms with Gasteiger partial charge in [-0.2, -0.15) is 0 Å². The molecule has 0 aliphatic heterocycles. The molecule has 2 heterocycles. The van der Waals surface area contributed by atoms with Crippen LogP contribution >= 0.6 is 0 Å². The van der Waals surface area contributed by atoms with E-state index in [-0.39, 0.29) is 16.7 Å². The predicted octanol–water partition coefficient (Wildman–Crippen LogP) is -0.105. The quantitative estimate of drug-likeness (QED) is 0.472. The molecular weight excluding hydrogens is 174 g/mol. The predicted molar refractivity (Wildman–Crippen MR) is 42.0 cm³/mol. The zero-order chi connectivity index (χ0) is 9.42. The summed E-state index contributed by atoms with van der Waals surface area (Å²) in [5, 5.41) is 19.8. The molecule has 2 N–H and O–H groups in total. The van der Waals surface area contributed by atoms with Crippen LogP contribution in [0, 0.1) is 5.21 Å². The normalized spacial score (nSPS) is 10.5. The lowest BCUT2D eigenvalue weighted by atomic mass is 10.2. The van der Waals surface area contributed by atoms with Gasteiger partial charge in [-0.1, -0.05) is 0 Å². The molecular formula is C7H5N3O3. The summed E-state index contributed by atoms with van der Waals surface area (Å²) < 4.78 is 0.536. The molecule has 0 aromatic carbocycles. The zero-order valence-electron chi connectivity index (χ0n) is 6.39. The molecule has 0 saturated carbocycles. The highest BCUT2D eigenvalue weighted by Crippen LogP contribution is 2.09. The van der Waals surface area contributed by atoms with Crippen molar-refractivity contribution < 1.29 is 14.6 Å². The Balaban J connectivity index is 2.86. The first-order valence-corrected chi connectivity index (χ1v) is 3.48. The van der Waals surface area contributed by atoms with Gasteiger partial charge in [0, 0.05) is 0 Å². The highest BCUT2D eigenvalue weighted by Gasteiger charge is 2.15. The lowest BCUT2D eigenvalue weighted by Gasteiger charge is -2.01. The smallest absolute Gasteiger partial charge is 0.338 e. The molecule has 0 spiro atoms. The van der Waals surface area contributed by atoms with E-state index >= 15 is 0 Å². The van der Waals surface area contributed by atoms with E-state index in [4.69, 9.17) is 5.11 Å². The average Bonchev–Trinajstić information content (AvgIpc) is 2.53. The van der Waals surface area contributed by atoms with Crippen molar-refractivity contribution in [2.75, 3.05) is 0 Å². The summed E-state index contributed by atoms with van der Waals surface area (Å²) in [6, 6.07) is 1.22. The number of aromatic amines is 1. The Kier molecular flexibility index (Phi) is 1.42. The third-order valence-corrected chi connectivity index (χ3v) is 1.70. The molecule has 6 nitrogen and oxygen atoms in total. The molecule has 6 heteroatoms. The maximum atomic E-state index is 11.1. The number of H-pyrrole nitrogens is 1. The van der Waals surface area contributed by atoms with Crippen molar-refractivity contribution in [3.63, 3.8) is 0 Å². The minimum atomic E-state index is -1.10. The number of pyridine rings is 1. The van der Waals surface area contributed by atoms with Gasteiger partial charge < -0.3 is 10.3 Å². The van der Waals surface area contributed by atoms with Gasteiger partial charge in [0.1, 0.15) is 0 Å². The summed E-state index contributed by atoms with van der Waals surface area (Å²) in [5.41, 5.74) is 0.341. The molecule has 2 rings (SSSR count). The molecule has 0 saturated heterocycles. The van der Waals surface area contributed by atoms with Crippen LogP contribution in [0.15, 0.2) is 18.6 Å². The summed E-state index contributed by atoms with van der Waals surface area (Å²) in [5.74, 6) is -1.10. The Morgan fingerprint density at radius 2 is 2.46 bits per heavy atom. The van der Waals surface area contributed by atoms with Crippen LogP contribution < -0.4 is 4.73 Å². The average molecular weight is 179 g/mol. The largest absolute Gasteiger partial charge is 0.711 e. The van der Waals surface area contributed by atoms with Gasteiger partial charge in [0.05, 0.1) is 11.8 Å². The number of nitrogens with one attached hydrogen (secondary N) is 1. The van der Waals surface area contributed by atoms with Crippen molar-refractivity contribution in [1.82, 2.24) is 9.97 Å². The topological polar surface area (TPSA) is 92.9 Å². The number of hydrogen-bond acceptors (Lipinski definition) is 3. The van der Waals surface area contributed by atoms with E-state index in [9.17, 15) is 10.0 Å². The number of rotatable bonds is 1. The fourth-order valence-corrected chi connectivity index (χ4v) is 1.12. The molecule has 0 aliphatic rings. The standard InChI is InChI=1S/C7H5N3O3/c11-7(12)4-1-2-10(13)6-5(4)8-3-9-6/h1-3H,(H,8,9)(H,11,12). The molecule has 2 aromatic rings. The second kappa shape index (κ2) is 2.44. The fourth-order valence-electron chi connectivity index (χ4n) is 1.12. The Morgan fingerprint density at radius 1 is 1.69 bits per heavy atom. The fraction of sp³-hybridized carbons (Fsp3) is 0. The van der Waals surface area contributed by atoms with Crippen molar-refractivity contribution >= 4 is 17.1 Å². The molecule has 0 radical (unpaired) electrons. The number of carbonyl (C=O) groups is 1. The first-order chi connectivity index (χ1) is 6.20. The molecule has 0 bridgehead atoms. The summed E-state index contributed by atoms with van der Waals surface area (Å²) in [6.07, 6.45) is 2.41. The summed E-state index contributed by atoms with van der Waals surface area (Å²) in [6.45, 7) is 0. The van der Waals surface area contributed by atoms with Gasteiger partial charge in [-0.3, -0.25) is 0 Å². The van der Waals surface area contributed by atoms with Crippen LogP contribution in [-0.2, 0) is 0 Å². The van der Waals surface area contributed by atoms with Gasteiger partial charge in [-0.25, -0.2) is 19.5 Å². The number of fused-ring (bicyclic) bond motifs is 1. The highest BCUT2D eigenvalue weighted by molar-refractivity contribution is 5.98. The molecule has 66 valence electrons. The van der Waals surface area contributed by atoms with Gasteiger partial charge in [0.2, 0.25) is 0 Å². The highest BCUT2D eigenvalue weighted by atomic mass is 16.5. The Bertz CT molecular complexity index is 477. The molecule has 0 amide bonds. The van der Waals surface area contributed by atoms with Gasteiger partial charge in [-0.05, 0) is 6.07 Å². The zero-order valence-corrected chi connectivity index (χ0v) is 6.39. The maximum absolute atomic E-state index is 11.1. The number of carboxylic acids is 1. The number of carboxylic acid groups (broad SMARTS) is 1. The van der Waals surface area contributed by atoms with Crippen LogP contribution in [0.1, 0.15) is 10.4 Å². The van der Waals surface area contributed by atoms with Crippen LogP contribution in [-0.4, -0.2) is 21.0 Å². The van der Waals surface area contributed by atoms with Crippen LogP contribution in [0.3, 0.4) is 0 Å². The minimum absolute atomic E-state index is 0.0170. The molecule has 0 unspecified atom stereocenters. The van der Waals surface area contributed by atoms with Crippen molar-refractivity contribution in [3.8, 4) is 0 Å². The van der Waals surface area contributed by atoms with E-state index < -0.39 is 5.97 Å². The van der Waals surface area contributed by atoms with Crippen molar-refractivity contribution in [2.24, 2.45) is 0 Å². The first kappa shape index (κ1) is 7.53. The van der Waals surface area contributed by atoms with Crippen molar-refractivity contribution in [2.45, 2.75) is 0 Å². The number of hydrogen-bond donors (Lipinski definition) is 2. The second-order valence-corrected chi connectivity index (χ2v) is 2.46.